The maximum Gasteiger partial charge on any atom is 0.248 e. The van der Waals surface area contributed by atoms with E-state index in [0.717, 1.165) is 33.0 Å². The highest BCUT2D eigenvalue weighted by atomic mass is 32.2. The van der Waals surface area contributed by atoms with Gasteiger partial charge in [0.25, 0.3) is 0 Å². The van der Waals surface area contributed by atoms with E-state index in [2.05, 4.69) is 15.6 Å². The lowest BCUT2D eigenvalue weighted by atomic mass is 10.1. The van der Waals surface area contributed by atoms with Crippen molar-refractivity contribution in [3.05, 3.63) is 132 Å². The molecule has 5 aromatic rings. The SMILES string of the molecule is COc1ccc(-c2csc(NC(=O)C(Sc3ccc(NC(=O)/C=C/c4ccccc4)cc3)c3ccccc3)n2)cc1. The topological polar surface area (TPSA) is 80.3 Å². The molecule has 0 aliphatic heterocycles. The van der Waals surface area contributed by atoms with E-state index in [1.807, 2.05) is 115 Å². The molecule has 2 amide bonds. The zero-order valence-corrected chi connectivity index (χ0v) is 23.8. The standard InChI is InChI=1S/C33H27N3O3S2/c1-39-27-17-13-24(14-18-27)29-22-40-33(35-29)36-32(38)31(25-10-6-3-7-11-25)41-28-19-15-26(16-20-28)34-30(37)21-12-23-8-4-2-5-9-23/h2-22,31H,1H3,(H,34,37)(H,35,36,38)/b21-12+. The van der Waals surface area contributed by atoms with Gasteiger partial charge < -0.3 is 15.4 Å². The van der Waals surface area contributed by atoms with Crippen LogP contribution in [0.5, 0.6) is 5.75 Å². The number of benzene rings is 4. The minimum atomic E-state index is -0.501. The molecule has 41 heavy (non-hydrogen) atoms. The zero-order valence-electron chi connectivity index (χ0n) is 22.2. The van der Waals surface area contributed by atoms with Gasteiger partial charge in [0.2, 0.25) is 11.8 Å². The molecule has 0 saturated heterocycles. The van der Waals surface area contributed by atoms with Gasteiger partial charge in [0.15, 0.2) is 5.13 Å². The fourth-order valence-corrected chi connectivity index (χ4v) is 5.72. The summed E-state index contributed by atoms with van der Waals surface area (Å²) in [5, 5.41) is 7.82. The highest BCUT2D eigenvalue weighted by molar-refractivity contribution is 8.00. The van der Waals surface area contributed by atoms with Crippen LogP contribution in [-0.2, 0) is 9.59 Å². The Balaban J connectivity index is 1.25. The molecule has 0 fully saturated rings. The fourth-order valence-electron chi connectivity index (χ4n) is 3.97. The number of ether oxygens (including phenoxy) is 1. The average molecular weight is 578 g/mol. The van der Waals surface area contributed by atoms with E-state index in [9.17, 15) is 9.59 Å². The fraction of sp³-hybridized carbons (Fsp3) is 0.0606. The molecule has 0 spiro atoms. The molecular weight excluding hydrogens is 551 g/mol. The van der Waals surface area contributed by atoms with Crippen molar-refractivity contribution in [1.82, 2.24) is 4.98 Å². The van der Waals surface area contributed by atoms with Gasteiger partial charge in [-0.3, -0.25) is 9.59 Å². The Morgan fingerprint density at radius 3 is 2.22 bits per heavy atom. The second-order valence-corrected chi connectivity index (χ2v) is 11.0. The Kier molecular flexibility index (Phi) is 9.26. The van der Waals surface area contributed by atoms with Gasteiger partial charge >= 0.3 is 0 Å². The van der Waals surface area contributed by atoms with Gasteiger partial charge in [0.1, 0.15) is 11.0 Å². The largest absolute Gasteiger partial charge is 0.497 e. The summed E-state index contributed by atoms with van der Waals surface area (Å²) in [6.45, 7) is 0. The van der Waals surface area contributed by atoms with E-state index < -0.39 is 5.25 Å². The molecule has 204 valence electrons. The summed E-state index contributed by atoms with van der Waals surface area (Å²) in [4.78, 5) is 31.4. The van der Waals surface area contributed by atoms with Gasteiger partial charge in [-0.05, 0) is 65.7 Å². The summed E-state index contributed by atoms with van der Waals surface area (Å²) < 4.78 is 5.23. The number of hydrogen-bond donors (Lipinski definition) is 2. The number of rotatable bonds is 10. The Bertz CT molecular complexity index is 1620. The Morgan fingerprint density at radius 1 is 0.854 bits per heavy atom. The lowest BCUT2D eigenvalue weighted by Gasteiger charge is -2.16. The smallest absolute Gasteiger partial charge is 0.248 e. The van der Waals surface area contributed by atoms with E-state index in [0.29, 0.717) is 10.8 Å². The van der Waals surface area contributed by atoms with E-state index in [1.54, 1.807) is 13.2 Å². The van der Waals surface area contributed by atoms with Crippen LogP contribution in [0.4, 0.5) is 10.8 Å². The van der Waals surface area contributed by atoms with Gasteiger partial charge in [0.05, 0.1) is 12.8 Å². The van der Waals surface area contributed by atoms with Crippen molar-refractivity contribution in [2.45, 2.75) is 10.1 Å². The molecule has 0 bridgehead atoms. The lowest BCUT2D eigenvalue weighted by molar-refractivity contribution is -0.116. The molecule has 4 aromatic carbocycles. The first-order chi connectivity index (χ1) is 20.1. The van der Waals surface area contributed by atoms with Crippen LogP contribution in [0.2, 0.25) is 0 Å². The molecule has 0 saturated carbocycles. The van der Waals surface area contributed by atoms with Crippen LogP contribution in [0, 0.1) is 0 Å². The molecule has 0 aliphatic rings. The Labute approximate surface area is 247 Å². The molecular formula is C33H27N3O3S2. The van der Waals surface area contributed by atoms with Crippen molar-refractivity contribution in [3.8, 4) is 17.0 Å². The molecule has 1 unspecified atom stereocenters. The molecule has 0 radical (unpaired) electrons. The van der Waals surface area contributed by atoms with Gasteiger partial charge in [-0.1, -0.05) is 60.7 Å². The van der Waals surface area contributed by atoms with Crippen molar-refractivity contribution in [2.75, 3.05) is 17.7 Å². The van der Waals surface area contributed by atoms with Gasteiger partial charge in [-0.15, -0.1) is 23.1 Å². The van der Waals surface area contributed by atoms with E-state index in [4.69, 9.17) is 4.74 Å². The van der Waals surface area contributed by atoms with Crippen LogP contribution in [0.3, 0.4) is 0 Å². The van der Waals surface area contributed by atoms with Crippen LogP contribution < -0.4 is 15.4 Å². The number of aromatic nitrogens is 1. The number of carbonyl (C=O) groups excluding carboxylic acids is 2. The summed E-state index contributed by atoms with van der Waals surface area (Å²) in [5.74, 6) is 0.393. The number of amides is 2. The number of thiazole rings is 1. The molecule has 2 N–H and O–H groups in total. The summed E-state index contributed by atoms with van der Waals surface area (Å²) in [6.07, 6.45) is 3.28. The van der Waals surface area contributed by atoms with Crippen LogP contribution in [0.15, 0.2) is 126 Å². The van der Waals surface area contributed by atoms with Crippen molar-refractivity contribution in [1.29, 1.82) is 0 Å². The number of nitrogens with one attached hydrogen (secondary N) is 2. The third kappa shape index (κ3) is 7.72. The van der Waals surface area contributed by atoms with E-state index >= 15 is 0 Å². The van der Waals surface area contributed by atoms with Crippen LogP contribution in [-0.4, -0.2) is 23.9 Å². The highest BCUT2D eigenvalue weighted by Crippen LogP contribution is 2.37. The first-order valence-corrected chi connectivity index (χ1v) is 14.6. The number of nitrogens with zero attached hydrogens (tertiary/aromatic N) is 1. The summed E-state index contributed by atoms with van der Waals surface area (Å²) >= 11 is 2.82. The third-order valence-electron chi connectivity index (χ3n) is 6.06. The first kappa shape index (κ1) is 27.9. The molecule has 5 rings (SSSR count). The Hall–Kier alpha value is -4.66. The molecule has 1 aromatic heterocycles. The number of thioether (sulfide) groups is 1. The molecule has 6 nitrogen and oxygen atoms in total. The molecule has 1 atom stereocenters. The van der Waals surface area contributed by atoms with Gasteiger partial charge in [-0.2, -0.15) is 0 Å². The Morgan fingerprint density at radius 2 is 1.54 bits per heavy atom. The van der Waals surface area contributed by atoms with Crippen molar-refractivity contribution in [2.24, 2.45) is 0 Å². The molecule has 8 heteroatoms. The minimum absolute atomic E-state index is 0.166. The third-order valence-corrected chi connectivity index (χ3v) is 8.09. The average Bonchev–Trinajstić information content (AvgIpc) is 3.49. The predicted octanol–water partition coefficient (Wildman–Crippen LogP) is 7.94. The quantitative estimate of drug-likeness (QED) is 0.130. The number of methoxy groups -OCH3 is 1. The predicted molar refractivity (Wildman–Crippen MR) is 168 cm³/mol. The maximum atomic E-state index is 13.5. The van der Waals surface area contributed by atoms with E-state index in [1.165, 1.54) is 29.2 Å². The van der Waals surface area contributed by atoms with Crippen molar-refractivity contribution >= 4 is 51.8 Å². The lowest BCUT2D eigenvalue weighted by Crippen LogP contribution is -2.19. The van der Waals surface area contributed by atoms with Crippen LogP contribution in [0.25, 0.3) is 17.3 Å². The second-order valence-electron chi connectivity index (χ2n) is 8.92. The summed E-state index contributed by atoms with van der Waals surface area (Å²) in [7, 11) is 1.63. The minimum Gasteiger partial charge on any atom is -0.497 e. The van der Waals surface area contributed by atoms with Gasteiger partial charge in [0, 0.05) is 27.6 Å². The van der Waals surface area contributed by atoms with Crippen molar-refractivity contribution in [3.63, 3.8) is 0 Å². The van der Waals surface area contributed by atoms with Crippen molar-refractivity contribution < 1.29 is 14.3 Å². The normalized spacial score (nSPS) is 11.6. The summed E-state index contributed by atoms with van der Waals surface area (Å²) in [6, 6.07) is 34.4. The van der Waals surface area contributed by atoms with Gasteiger partial charge in [-0.25, -0.2) is 4.98 Å². The van der Waals surface area contributed by atoms with Crippen LogP contribution >= 0.6 is 23.1 Å². The number of hydrogen-bond acceptors (Lipinski definition) is 6. The maximum absolute atomic E-state index is 13.5. The molecule has 0 aliphatic carbocycles. The second kappa shape index (κ2) is 13.6. The van der Waals surface area contributed by atoms with E-state index in [-0.39, 0.29) is 11.8 Å². The summed E-state index contributed by atoms with van der Waals surface area (Å²) in [5.41, 5.74) is 4.23. The highest BCUT2D eigenvalue weighted by Gasteiger charge is 2.23. The number of anilines is 2. The number of carbonyl (C=O) groups is 2. The zero-order chi connectivity index (χ0) is 28.4. The monoisotopic (exact) mass is 577 g/mol. The first-order valence-electron chi connectivity index (χ1n) is 12.8. The van der Waals surface area contributed by atoms with Crippen LogP contribution in [0.1, 0.15) is 16.4 Å². The molecule has 1 heterocycles.